The van der Waals surface area contributed by atoms with Crippen molar-refractivity contribution in [3.05, 3.63) is 27.9 Å². The molecule has 1 heterocycles. The summed E-state index contributed by atoms with van der Waals surface area (Å²) in [7, 11) is 1.50. The fourth-order valence-electron chi connectivity index (χ4n) is 1.29. The maximum absolute atomic E-state index is 11.3. The van der Waals surface area contributed by atoms with Crippen molar-refractivity contribution >= 4 is 17.4 Å². The van der Waals surface area contributed by atoms with Crippen LogP contribution in [0, 0.1) is 17.0 Å². The fraction of sp³-hybridized carbons (Fsp3) is 0.400. The lowest BCUT2D eigenvalue weighted by Crippen LogP contribution is -2.35. The van der Waals surface area contributed by atoms with Crippen molar-refractivity contribution in [2.45, 2.75) is 19.9 Å². The van der Waals surface area contributed by atoms with E-state index in [0.29, 0.717) is 5.56 Å². The highest BCUT2D eigenvalue weighted by Gasteiger charge is 2.19. The van der Waals surface area contributed by atoms with Crippen molar-refractivity contribution in [1.82, 2.24) is 10.3 Å². The van der Waals surface area contributed by atoms with Crippen LogP contribution >= 0.6 is 0 Å². The molecule has 1 aromatic heterocycles. The lowest BCUT2D eigenvalue weighted by Gasteiger charge is -2.12. The van der Waals surface area contributed by atoms with Crippen molar-refractivity contribution < 1.29 is 9.72 Å². The molecular weight excluding hydrogens is 224 g/mol. The second-order valence-electron chi connectivity index (χ2n) is 3.62. The number of carbonyl (C=O) groups is 1. The Labute approximate surface area is 98.4 Å². The number of nitrogens with zero attached hydrogens (tertiary/aromatic N) is 2. The number of likely N-dealkylation sites (N-methyl/N-ethyl adjacent to an activating group) is 1. The van der Waals surface area contributed by atoms with Gasteiger partial charge in [0.1, 0.15) is 6.04 Å². The van der Waals surface area contributed by atoms with E-state index < -0.39 is 11.0 Å². The van der Waals surface area contributed by atoms with Crippen LogP contribution < -0.4 is 10.6 Å². The second-order valence-corrected chi connectivity index (χ2v) is 3.62. The molecule has 0 spiro atoms. The zero-order chi connectivity index (χ0) is 13.0. The molecule has 7 nitrogen and oxygen atoms in total. The minimum absolute atomic E-state index is 0.0942. The average molecular weight is 238 g/mol. The Bertz CT molecular complexity index is 447. The van der Waals surface area contributed by atoms with Gasteiger partial charge in [-0.25, -0.2) is 4.98 Å². The molecule has 92 valence electrons. The molecule has 0 bridgehead atoms. The topological polar surface area (TPSA) is 97.2 Å². The molecule has 1 amide bonds. The number of nitro groups is 1. The van der Waals surface area contributed by atoms with Gasteiger partial charge in [0.15, 0.2) is 0 Å². The third-order valence-electron chi connectivity index (χ3n) is 2.19. The molecule has 1 aromatic rings. The molecular formula is C10H14N4O3. The molecule has 0 saturated heterocycles. The quantitative estimate of drug-likeness (QED) is 0.598. The molecule has 1 unspecified atom stereocenters. The summed E-state index contributed by atoms with van der Waals surface area (Å²) in [5, 5.41) is 16.0. The first-order valence-electron chi connectivity index (χ1n) is 5.05. The molecule has 2 N–H and O–H groups in total. The Morgan fingerprint density at radius 1 is 1.59 bits per heavy atom. The molecule has 0 saturated carbocycles. The van der Waals surface area contributed by atoms with Crippen molar-refractivity contribution in [3.8, 4) is 0 Å². The van der Waals surface area contributed by atoms with Crippen LogP contribution in [0.25, 0.3) is 0 Å². The number of carbonyl (C=O) groups excluding carboxylic acids is 1. The predicted octanol–water partition coefficient (Wildman–Crippen LogP) is 0.845. The summed E-state index contributed by atoms with van der Waals surface area (Å²) in [6.45, 7) is 3.32. The lowest BCUT2D eigenvalue weighted by molar-refractivity contribution is -0.384. The zero-order valence-electron chi connectivity index (χ0n) is 9.85. The van der Waals surface area contributed by atoms with E-state index in [0.717, 1.165) is 0 Å². The van der Waals surface area contributed by atoms with Crippen molar-refractivity contribution in [3.63, 3.8) is 0 Å². The third-order valence-corrected chi connectivity index (χ3v) is 2.19. The van der Waals surface area contributed by atoms with Crippen molar-refractivity contribution in [2.24, 2.45) is 0 Å². The lowest BCUT2D eigenvalue weighted by atomic mass is 10.2. The van der Waals surface area contributed by atoms with Crippen LogP contribution in [-0.2, 0) is 4.79 Å². The number of nitrogens with one attached hydrogen (secondary N) is 2. The molecule has 1 rings (SSSR count). The Balaban J connectivity index is 2.98. The highest BCUT2D eigenvalue weighted by molar-refractivity contribution is 5.84. The Morgan fingerprint density at radius 3 is 2.76 bits per heavy atom. The molecule has 17 heavy (non-hydrogen) atoms. The van der Waals surface area contributed by atoms with Gasteiger partial charge in [0, 0.05) is 19.3 Å². The van der Waals surface area contributed by atoms with Crippen LogP contribution in [0.2, 0.25) is 0 Å². The monoisotopic (exact) mass is 238 g/mol. The van der Waals surface area contributed by atoms with Gasteiger partial charge >= 0.3 is 5.69 Å². The van der Waals surface area contributed by atoms with Gasteiger partial charge in [-0.1, -0.05) is 0 Å². The highest BCUT2D eigenvalue weighted by Crippen LogP contribution is 2.22. The molecule has 0 fully saturated rings. The van der Waals surface area contributed by atoms with Gasteiger partial charge in [0.25, 0.3) is 0 Å². The summed E-state index contributed by atoms with van der Waals surface area (Å²) in [5.41, 5.74) is 0.551. The average Bonchev–Trinajstić information content (AvgIpc) is 2.29. The number of anilines is 1. The van der Waals surface area contributed by atoms with E-state index in [1.54, 1.807) is 13.8 Å². The molecule has 0 aromatic carbocycles. The van der Waals surface area contributed by atoms with Crippen LogP contribution in [0.4, 0.5) is 11.5 Å². The largest absolute Gasteiger partial charge is 0.357 e. The minimum atomic E-state index is -0.589. The molecule has 1 atom stereocenters. The Morgan fingerprint density at radius 2 is 2.24 bits per heavy atom. The fourth-order valence-corrected chi connectivity index (χ4v) is 1.29. The standard InChI is InChI=1S/C10H14N4O3/c1-6-4-8(14(16)17)9(12-5-6)13-7(2)10(15)11-3/h4-5,7H,1-3H3,(H,11,15)(H,12,13). The summed E-state index contributed by atoms with van der Waals surface area (Å²) in [4.78, 5) is 25.5. The Kier molecular flexibility index (Phi) is 3.97. The van der Waals surface area contributed by atoms with Crippen LogP contribution in [-0.4, -0.2) is 28.9 Å². The number of hydrogen-bond donors (Lipinski definition) is 2. The van der Waals surface area contributed by atoms with Crippen LogP contribution in [0.1, 0.15) is 12.5 Å². The van der Waals surface area contributed by atoms with E-state index in [1.165, 1.54) is 19.3 Å². The van der Waals surface area contributed by atoms with E-state index in [4.69, 9.17) is 0 Å². The van der Waals surface area contributed by atoms with E-state index in [2.05, 4.69) is 15.6 Å². The van der Waals surface area contributed by atoms with Gasteiger partial charge in [-0.15, -0.1) is 0 Å². The maximum atomic E-state index is 11.3. The van der Waals surface area contributed by atoms with Crippen LogP contribution in [0.5, 0.6) is 0 Å². The minimum Gasteiger partial charge on any atom is -0.357 e. The normalized spacial score (nSPS) is 11.7. The SMILES string of the molecule is CNC(=O)C(C)Nc1ncc(C)cc1[N+](=O)[O-]. The maximum Gasteiger partial charge on any atom is 0.311 e. The number of rotatable bonds is 4. The summed E-state index contributed by atoms with van der Waals surface area (Å²) >= 11 is 0. The highest BCUT2D eigenvalue weighted by atomic mass is 16.6. The summed E-state index contributed by atoms with van der Waals surface area (Å²) in [6, 6.07) is 0.820. The Hall–Kier alpha value is -2.18. The van der Waals surface area contributed by atoms with Gasteiger partial charge in [0.2, 0.25) is 11.7 Å². The molecule has 0 aliphatic carbocycles. The van der Waals surface area contributed by atoms with Gasteiger partial charge in [0.05, 0.1) is 4.92 Å². The first-order valence-corrected chi connectivity index (χ1v) is 5.05. The number of hydrogen-bond acceptors (Lipinski definition) is 5. The van der Waals surface area contributed by atoms with Crippen LogP contribution in [0.15, 0.2) is 12.3 Å². The first-order chi connectivity index (χ1) is 7.95. The predicted molar refractivity (Wildman–Crippen MR) is 62.8 cm³/mol. The van der Waals surface area contributed by atoms with Crippen LogP contribution in [0.3, 0.4) is 0 Å². The van der Waals surface area contributed by atoms with E-state index in [-0.39, 0.29) is 17.4 Å². The number of amides is 1. The van der Waals surface area contributed by atoms with Gasteiger partial charge in [-0.2, -0.15) is 0 Å². The number of aromatic nitrogens is 1. The number of pyridine rings is 1. The third kappa shape index (κ3) is 3.13. The summed E-state index contributed by atoms with van der Waals surface area (Å²) in [6.07, 6.45) is 1.51. The van der Waals surface area contributed by atoms with Gasteiger partial charge < -0.3 is 10.6 Å². The molecule has 0 aliphatic heterocycles. The van der Waals surface area contributed by atoms with Gasteiger partial charge in [-0.05, 0) is 19.4 Å². The van der Waals surface area contributed by atoms with Gasteiger partial charge in [-0.3, -0.25) is 14.9 Å². The summed E-state index contributed by atoms with van der Waals surface area (Å²) < 4.78 is 0. The van der Waals surface area contributed by atoms with E-state index >= 15 is 0 Å². The molecule has 0 radical (unpaired) electrons. The zero-order valence-corrected chi connectivity index (χ0v) is 9.85. The second kappa shape index (κ2) is 5.24. The van der Waals surface area contributed by atoms with E-state index in [1.807, 2.05) is 0 Å². The molecule has 7 heteroatoms. The van der Waals surface area contributed by atoms with Crippen molar-refractivity contribution in [1.29, 1.82) is 0 Å². The van der Waals surface area contributed by atoms with E-state index in [9.17, 15) is 14.9 Å². The number of aryl methyl sites for hydroxylation is 1. The first kappa shape index (κ1) is 12.9. The van der Waals surface area contributed by atoms with Crippen molar-refractivity contribution in [2.75, 3.05) is 12.4 Å². The summed E-state index contributed by atoms with van der Waals surface area (Å²) in [5.74, 6) is -0.168. The smallest absolute Gasteiger partial charge is 0.311 e. The molecule has 0 aliphatic rings.